The smallest absolute Gasteiger partial charge is 0.306 e. The minimum absolute atomic E-state index is 0.0644. The van der Waals surface area contributed by atoms with E-state index in [1.165, 1.54) is 0 Å². The van der Waals surface area contributed by atoms with Gasteiger partial charge in [0.1, 0.15) is 11.4 Å². The summed E-state index contributed by atoms with van der Waals surface area (Å²) in [5.74, 6) is -0.137. The van der Waals surface area contributed by atoms with Crippen LogP contribution in [0, 0.1) is 6.92 Å². The van der Waals surface area contributed by atoms with E-state index in [1.54, 1.807) is 33.0 Å². The van der Waals surface area contributed by atoms with E-state index in [1.807, 2.05) is 13.0 Å². The number of nitrogens with one attached hydrogen (secondary N) is 1. The molecular weight excluding hydrogens is 244 g/mol. The summed E-state index contributed by atoms with van der Waals surface area (Å²) in [6, 6.07) is 3.58. The fourth-order valence-electron chi connectivity index (χ4n) is 1.36. The first-order chi connectivity index (χ1) is 8.76. The third kappa shape index (κ3) is 6.55. The molecule has 104 valence electrons. The molecule has 0 aliphatic rings. The van der Waals surface area contributed by atoms with Crippen LogP contribution in [0.2, 0.25) is 0 Å². The van der Waals surface area contributed by atoms with Gasteiger partial charge in [0.2, 0.25) is 5.91 Å². The molecule has 19 heavy (non-hydrogen) atoms. The van der Waals surface area contributed by atoms with Crippen LogP contribution >= 0.6 is 0 Å². The Morgan fingerprint density at radius 3 is 2.47 bits per heavy atom. The molecule has 1 heterocycles. The normalized spacial score (nSPS) is 10.9. The van der Waals surface area contributed by atoms with E-state index in [-0.39, 0.29) is 24.7 Å². The largest absolute Gasteiger partial charge is 0.460 e. The minimum Gasteiger partial charge on any atom is -0.460 e. The van der Waals surface area contributed by atoms with Gasteiger partial charge in [-0.15, -0.1) is 0 Å². The lowest BCUT2D eigenvalue weighted by Gasteiger charge is -2.19. The first-order valence-corrected chi connectivity index (χ1v) is 6.20. The molecule has 0 bridgehead atoms. The summed E-state index contributed by atoms with van der Waals surface area (Å²) in [7, 11) is 0. The average Bonchev–Trinajstić information content (AvgIpc) is 2.27. The van der Waals surface area contributed by atoms with Crippen molar-refractivity contribution >= 4 is 17.7 Å². The second-order valence-corrected chi connectivity index (χ2v) is 5.36. The first kappa shape index (κ1) is 15.1. The maximum Gasteiger partial charge on any atom is 0.306 e. The van der Waals surface area contributed by atoms with Gasteiger partial charge in [-0.3, -0.25) is 9.59 Å². The Balaban J connectivity index is 2.36. The van der Waals surface area contributed by atoms with Gasteiger partial charge in [-0.2, -0.15) is 0 Å². The zero-order valence-electron chi connectivity index (χ0n) is 11.8. The number of ether oxygens (including phenoxy) is 1. The summed E-state index contributed by atoms with van der Waals surface area (Å²) < 4.78 is 5.12. The topological polar surface area (TPSA) is 68.3 Å². The Morgan fingerprint density at radius 1 is 1.26 bits per heavy atom. The second kappa shape index (κ2) is 6.31. The third-order valence-corrected chi connectivity index (χ3v) is 2.16. The molecule has 1 aromatic heterocycles. The van der Waals surface area contributed by atoms with Crippen LogP contribution in [0.3, 0.4) is 0 Å². The zero-order chi connectivity index (χ0) is 14.5. The van der Waals surface area contributed by atoms with Crippen LogP contribution in [0.4, 0.5) is 5.82 Å². The fourth-order valence-corrected chi connectivity index (χ4v) is 1.36. The molecule has 0 fully saturated rings. The fraction of sp³-hybridized carbons (Fsp3) is 0.500. The summed E-state index contributed by atoms with van der Waals surface area (Å²) in [6.45, 7) is 7.30. The molecule has 1 aromatic rings. The molecule has 0 atom stereocenters. The van der Waals surface area contributed by atoms with Crippen molar-refractivity contribution in [2.45, 2.75) is 46.1 Å². The molecular formula is C14H20N2O3. The molecule has 0 aliphatic carbocycles. The van der Waals surface area contributed by atoms with Crippen LogP contribution in [0.25, 0.3) is 0 Å². The van der Waals surface area contributed by atoms with E-state index in [9.17, 15) is 9.59 Å². The van der Waals surface area contributed by atoms with Crippen molar-refractivity contribution in [1.29, 1.82) is 0 Å². The summed E-state index contributed by atoms with van der Waals surface area (Å²) in [4.78, 5) is 27.1. The summed E-state index contributed by atoms with van der Waals surface area (Å²) in [6.07, 6.45) is 1.82. The lowest BCUT2D eigenvalue weighted by atomic mass is 10.2. The van der Waals surface area contributed by atoms with Crippen molar-refractivity contribution in [1.82, 2.24) is 4.98 Å². The summed E-state index contributed by atoms with van der Waals surface area (Å²) >= 11 is 0. The van der Waals surface area contributed by atoms with E-state index in [0.29, 0.717) is 5.82 Å². The van der Waals surface area contributed by atoms with Gasteiger partial charge >= 0.3 is 5.97 Å². The zero-order valence-corrected chi connectivity index (χ0v) is 11.8. The van der Waals surface area contributed by atoms with Gasteiger partial charge in [0.25, 0.3) is 0 Å². The molecule has 1 amide bonds. The van der Waals surface area contributed by atoms with Gasteiger partial charge in [-0.25, -0.2) is 4.98 Å². The lowest BCUT2D eigenvalue weighted by molar-refractivity contribution is -0.155. The van der Waals surface area contributed by atoms with E-state index >= 15 is 0 Å². The lowest BCUT2D eigenvalue weighted by Crippen LogP contribution is -2.24. The SMILES string of the molecule is Cc1ccc(NC(=O)CCC(=O)OC(C)(C)C)nc1. The number of esters is 1. The van der Waals surface area contributed by atoms with Crippen LogP contribution in [0.5, 0.6) is 0 Å². The number of anilines is 1. The number of aromatic nitrogens is 1. The Morgan fingerprint density at radius 2 is 1.95 bits per heavy atom. The quantitative estimate of drug-likeness (QED) is 0.848. The predicted octanol–water partition coefficient (Wildman–Crippen LogP) is 2.45. The van der Waals surface area contributed by atoms with Crippen molar-refractivity contribution in [3.8, 4) is 0 Å². The van der Waals surface area contributed by atoms with Gasteiger partial charge in [0.05, 0.1) is 6.42 Å². The molecule has 5 heteroatoms. The van der Waals surface area contributed by atoms with E-state index < -0.39 is 5.60 Å². The van der Waals surface area contributed by atoms with Crippen LogP contribution in [-0.2, 0) is 14.3 Å². The molecule has 5 nitrogen and oxygen atoms in total. The molecule has 1 rings (SSSR count). The highest BCUT2D eigenvalue weighted by Crippen LogP contribution is 2.10. The Kier molecular flexibility index (Phi) is 5.03. The van der Waals surface area contributed by atoms with Gasteiger partial charge < -0.3 is 10.1 Å². The standard InChI is InChI=1S/C14H20N2O3/c1-10-5-6-11(15-9-10)16-12(17)7-8-13(18)19-14(2,3)4/h5-6,9H,7-8H2,1-4H3,(H,15,16,17). The number of rotatable bonds is 4. The van der Waals surface area contributed by atoms with Crippen molar-refractivity contribution in [2.24, 2.45) is 0 Å². The first-order valence-electron chi connectivity index (χ1n) is 6.20. The van der Waals surface area contributed by atoms with Crippen LogP contribution in [0.15, 0.2) is 18.3 Å². The monoisotopic (exact) mass is 264 g/mol. The average molecular weight is 264 g/mol. The highest BCUT2D eigenvalue weighted by molar-refractivity contribution is 5.91. The van der Waals surface area contributed by atoms with Crippen LogP contribution in [0.1, 0.15) is 39.2 Å². The van der Waals surface area contributed by atoms with Crippen LogP contribution in [-0.4, -0.2) is 22.5 Å². The number of nitrogens with zero attached hydrogens (tertiary/aromatic N) is 1. The van der Waals surface area contributed by atoms with Crippen molar-refractivity contribution in [2.75, 3.05) is 5.32 Å². The Labute approximate surface area is 113 Å². The number of hydrogen-bond acceptors (Lipinski definition) is 4. The maximum atomic E-state index is 11.6. The summed E-state index contributed by atoms with van der Waals surface area (Å²) in [5.41, 5.74) is 0.498. The number of carbonyl (C=O) groups is 2. The molecule has 0 aromatic carbocycles. The summed E-state index contributed by atoms with van der Waals surface area (Å²) in [5, 5.41) is 2.63. The molecule has 0 radical (unpaired) electrons. The number of amides is 1. The molecule has 0 saturated heterocycles. The van der Waals surface area contributed by atoms with Crippen molar-refractivity contribution in [3.05, 3.63) is 23.9 Å². The second-order valence-electron chi connectivity index (χ2n) is 5.36. The molecule has 1 N–H and O–H groups in total. The van der Waals surface area contributed by atoms with Gasteiger partial charge in [0.15, 0.2) is 0 Å². The molecule has 0 aliphatic heterocycles. The van der Waals surface area contributed by atoms with E-state index in [2.05, 4.69) is 10.3 Å². The highest BCUT2D eigenvalue weighted by Gasteiger charge is 2.17. The van der Waals surface area contributed by atoms with Gasteiger partial charge in [0, 0.05) is 12.6 Å². The van der Waals surface area contributed by atoms with Crippen molar-refractivity contribution < 1.29 is 14.3 Å². The Hall–Kier alpha value is -1.91. The Bertz CT molecular complexity index is 447. The number of hydrogen-bond donors (Lipinski definition) is 1. The number of aryl methyl sites for hydroxylation is 1. The van der Waals surface area contributed by atoms with Gasteiger partial charge in [-0.05, 0) is 39.3 Å². The minimum atomic E-state index is -0.522. The number of pyridine rings is 1. The predicted molar refractivity (Wildman–Crippen MR) is 72.7 cm³/mol. The van der Waals surface area contributed by atoms with Gasteiger partial charge in [-0.1, -0.05) is 6.07 Å². The third-order valence-electron chi connectivity index (χ3n) is 2.16. The van der Waals surface area contributed by atoms with E-state index in [4.69, 9.17) is 4.74 Å². The van der Waals surface area contributed by atoms with Crippen LogP contribution < -0.4 is 5.32 Å². The highest BCUT2D eigenvalue weighted by atomic mass is 16.6. The van der Waals surface area contributed by atoms with E-state index in [0.717, 1.165) is 5.56 Å². The molecule has 0 saturated carbocycles. The maximum absolute atomic E-state index is 11.6. The molecule has 0 unspecified atom stereocenters. The van der Waals surface area contributed by atoms with Crippen molar-refractivity contribution in [3.63, 3.8) is 0 Å². The molecule has 0 spiro atoms. The number of carbonyl (C=O) groups excluding carboxylic acids is 2.